The van der Waals surface area contributed by atoms with E-state index in [1.54, 1.807) is 0 Å². The van der Waals surface area contributed by atoms with Gasteiger partial charge in [-0.05, 0) is 18.4 Å². The highest BCUT2D eigenvalue weighted by atomic mass is 14.6. The number of benzene rings is 1. The van der Waals surface area contributed by atoms with Crippen LogP contribution < -0.4 is 5.73 Å². The molecule has 64 valence electrons. The van der Waals surface area contributed by atoms with Crippen LogP contribution in [0.2, 0.25) is 0 Å². The smallest absolute Gasteiger partial charge is 0.0297 e. The van der Waals surface area contributed by atoms with Gasteiger partial charge in [0.15, 0.2) is 0 Å². The van der Waals surface area contributed by atoms with E-state index < -0.39 is 0 Å². The van der Waals surface area contributed by atoms with Gasteiger partial charge >= 0.3 is 0 Å². The molecule has 0 radical (unpaired) electrons. The molecule has 0 heterocycles. The number of rotatable bonds is 4. The third-order valence-corrected chi connectivity index (χ3v) is 1.91. The van der Waals surface area contributed by atoms with Gasteiger partial charge in [0.2, 0.25) is 0 Å². The molecule has 0 aromatic heterocycles. The second kappa shape index (κ2) is 4.73. The SMILES string of the molecule is C=CCC[C@@H](N)c1ccccc1. The van der Waals surface area contributed by atoms with Crippen molar-refractivity contribution in [2.75, 3.05) is 0 Å². The Balaban J connectivity index is 2.53. The van der Waals surface area contributed by atoms with Crippen LogP contribution in [-0.4, -0.2) is 0 Å². The molecule has 1 rings (SSSR count). The zero-order valence-corrected chi connectivity index (χ0v) is 7.24. The van der Waals surface area contributed by atoms with Gasteiger partial charge in [0, 0.05) is 6.04 Å². The van der Waals surface area contributed by atoms with Crippen molar-refractivity contribution in [3.8, 4) is 0 Å². The lowest BCUT2D eigenvalue weighted by atomic mass is 10.0. The molecule has 0 unspecified atom stereocenters. The lowest BCUT2D eigenvalue weighted by Gasteiger charge is -2.09. The Morgan fingerprint density at radius 3 is 2.58 bits per heavy atom. The maximum Gasteiger partial charge on any atom is 0.0297 e. The fraction of sp³-hybridized carbons (Fsp3) is 0.273. The van der Waals surface area contributed by atoms with Crippen molar-refractivity contribution in [1.82, 2.24) is 0 Å². The molecule has 2 N–H and O–H groups in total. The van der Waals surface area contributed by atoms with Crippen LogP contribution in [0.4, 0.5) is 0 Å². The van der Waals surface area contributed by atoms with Crippen molar-refractivity contribution >= 4 is 0 Å². The van der Waals surface area contributed by atoms with E-state index in [1.807, 2.05) is 24.3 Å². The number of allylic oxidation sites excluding steroid dienone is 1. The van der Waals surface area contributed by atoms with Crippen LogP contribution in [0.1, 0.15) is 24.4 Å². The monoisotopic (exact) mass is 161 g/mol. The Labute approximate surface area is 73.9 Å². The van der Waals surface area contributed by atoms with E-state index in [2.05, 4.69) is 18.7 Å². The fourth-order valence-electron chi connectivity index (χ4n) is 1.16. The minimum Gasteiger partial charge on any atom is -0.324 e. The second-order valence-corrected chi connectivity index (χ2v) is 2.88. The van der Waals surface area contributed by atoms with Gasteiger partial charge in [0.25, 0.3) is 0 Å². The van der Waals surface area contributed by atoms with Crippen LogP contribution in [-0.2, 0) is 0 Å². The first-order chi connectivity index (χ1) is 5.84. The predicted octanol–water partition coefficient (Wildman–Crippen LogP) is 2.65. The summed E-state index contributed by atoms with van der Waals surface area (Å²) in [4.78, 5) is 0. The van der Waals surface area contributed by atoms with Crippen LogP contribution in [0.25, 0.3) is 0 Å². The Bertz CT molecular complexity index is 228. The first-order valence-corrected chi connectivity index (χ1v) is 4.26. The van der Waals surface area contributed by atoms with Gasteiger partial charge in [-0.3, -0.25) is 0 Å². The highest BCUT2D eigenvalue weighted by Crippen LogP contribution is 2.14. The summed E-state index contributed by atoms with van der Waals surface area (Å²) in [6, 6.07) is 10.3. The van der Waals surface area contributed by atoms with E-state index in [-0.39, 0.29) is 6.04 Å². The zero-order chi connectivity index (χ0) is 8.81. The summed E-state index contributed by atoms with van der Waals surface area (Å²) in [5, 5.41) is 0. The predicted molar refractivity (Wildman–Crippen MR) is 52.8 cm³/mol. The Morgan fingerprint density at radius 1 is 1.33 bits per heavy atom. The van der Waals surface area contributed by atoms with Gasteiger partial charge in [-0.15, -0.1) is 6.58 Å². The Morgan fingerprint density at radius 2 is 2.00 bits per heavy atom. The second-order valence-electron chi connectivity index (χ2n) is 2.88. The van der Waals surface area contributed by atoms with Crippen LogP contribution >= 0.6 is 0 Å². The highest BCUT2D eigenvalue weighted by molar-refractivity contribution is 5.18. The molecular formula is C11H15N. The summed E-state index contributed by atoms with van der Waals surface area (Å²) in [5.41, 5.74) is 7.14. The molecule has 0 spiro atoms. The van der Waals surface area contributed by atoms with Gasteiger partial charge in [-0.1, -0.05) is 36.4 Å². The van der Waals surface area contributed by atoms with E-state index in [0.717, 1.165) is 12.8 Å². The number of hydrogen-bond donors (Lipinski definition) is 1. The van der Waals surface area contributed by atoms with Gasteiger partial charge in [0.05, 0.1) is 0 Å². The van der Waals surface area contributed by atoms with Crippen molar-refractivity contribution < 1.29 is 0 Å². The van der Waals surface area contributed by atoms with Gasteiger partial charge in [-0.2, -0.15) is 0 Å². The maximum absolute atomic E-state index is 5.93. The molecule has 0 aliphatic rings. The molecule has 0 saturated carbocycles. The van der Waals surface area contributed by atoms with Crippen LogP contribution in [0, 0.1) is 0 Å². The minimum absolute atomic E-state index is 0.157. The van der Waals surface area contributed by atoms with Gasteiger partial charge in [-0.25, -0.2) is 0 Å². The molecule has 0 aliphatic carbocycles. The van der Waals surface area contributed by atoms with Crippen molar-refractivity contribution in [2.24, 2.45) is 5.73 Å². The average molecular weight is 161 g/mol. The summed E-state index contributed by atoms with van der Waals surface area (Å²) >= 11 is 0. The summed E-state index contributed by atoms with van der Waals surface area (Å²) in [7, 11) is 0. The quantitative estimate of drug-likeness (QED) is 0.675. The van der Waals surface area contributed by atoms with Crippen LogP contribution in [0.5, 0.6) is 0 Å². The van der Waals surface area contributed by atoms with Crippen molar-refractivity contribution in [2.45, 2.75) is 18.9 Å². The zero-order valence-electron chi connectivity index (χ0n) is 7.24. The van der Waals surface area contributed by atoms with E-state index >= 15 is 0 Å². The third kappa shape index (κ3) is 2.51. The van der Waals surface area contributed by atoms with Gasteiger partial charge < -0.3 is 5.73 Å². The van der Waals surface area contributed by atoms with E-state index in [1.165, 1.54) is 5.56 Å². The van der Waals surface area contributed by atoms with Gasteiger partial charge in [0.1, 0.15) is 0 Å². The summed E-state index contributed by atoms with van der Waals surface area (Å²) in [6.45, 7) is 3.67. The van der Waals surface area contributed by atoms with Crippen molar-refractivity contribution in [3.05, 3.63) is 48.6 Å². The lowest BCUT2D eigenvalue weighted by molar-refractivity contribution is 0.661. The molecule has 1 nitrogen and oxygen atoms in total. The molecule has 0 saturated heterocycles. The summed E-state index contributed by atoms with van der Waals surface area (Å²) in [6.07, 6.45) is 3.87. The van der Waals surface area contributed by atoms with E-state index in [0.29, 0.717) is 0 Å². The molecule has 0 fully saturated rings. The van der Waals surface area contributed by atoms with Crippen molar-refractivity contribution in [1.29, 1.82) is 0 Å². The van der Waals surface area contributed by atoms with E-state index in [4.69, 9.17) is 5.73 Å². The average Bonchev–Trinajstić information content (AvgIpc) is 2.15. The standard InChI is InChI=1S/C11H15N/c1-2-3-9-11(12)10-7-5-4-6-8-10/h2,4-8,11H,1,3,9,12H2/t11-/m1/s1. The third-order valence-electron chi connectivity index (χ3n) is 1.91. The molecule has 1 aromatic rings. The molecular weight excluding hydrogens is 146 g/mol. The molecule has 0 amide bonds. The molecule has 0 aliphatic heterocycles. The first kappa shape index (κ1) is 9.01. The molecule has 1 heteroatoms. The molecule has 1 atom stereocenters. The van der Waals surface area contributed by atoms with E-state index in [9.17, 15) is 0 Å². The number of hydrogen-bond acceptors (Lipinski definition) is 1. The van der Waals surface area contributed by atoms with Crippen LogP contribution in [0.15, 0.2) is 43.0 Å². The van der Waals surface area contributed by atoms with Crippen molar-refractivity contribution in [3.63, 3.8) is 0 Å². The fourth-order valence-corrected chi connectivity index (χ4v) is 1.16. The summed E-state index contributed by atoms with van der Waals surface area (Å²) in [5.74, 6) is 0. The normalized spacial score (nSPS) is 12.4. The largest absolute Gasteiger partial charge is 0.324 e. The molecule has 12 heavy (non-hydrogen) atoms. The minimum atomic E-state index is 0.157. The highest BCUT2D eigenvalue weighted by Gasteiger charge is 2.02. The lowest BCUT2D eigenvalue weighted by Crippen LogP contribution is -2.09. The Hall–Kier alpha value is -1.08. The van der Waals surface area contributed by atoms with Crippen LogP contribution in [0.3, 0.4) is 0 Å². The Kier molecular flexibility index (Phi) is 3.55. The molecule has 1 aromatic carbocycles. The first-order valence-electron chi connectivity index (χ1n) is 4.26. The summed E-state index contributed by atoms with van der Waals surface area (Å²) < 4.78 is 0. The molecule has 0 bridgehead atoms. The topological polar surface area (TPSA) is 26.0 Å². The number of nitrogens with two attached hydrogens (primary N) is 1. The maximum atomic E-state index is 5.93.